The Hall–Kier alpha value is -5.23. The summed E-state index contributed by atoms with van der Waals surface area (Å²) in [7, 11) is 0. The maximum absolute atomic E-state index is 14.3. The number of Topliss-reactive ketones (excluding diaryl/α,β-unsaturated/α-hetero) is 1. The van der Waals surface area contributed by atoms with Crippen molar-refractivity contribution < 1.29 is 28.7 Å². The second-order valence-electron chi connectivity index (χ2n) is 16.2. The number of ether oxygens (including phenoxy) is 2. The molecule has 0 spiro atoms. The summed E-state index contributed by atoms with van der Waals surface area (Å²) in [6.45, 7) is 9.12. The molecule has 0 fully saturated rings. The molecule has 1 N–H and O–H groups in total. The van der Waals surface area contributed by atoms with Crippen LogP contribution in [0.1, 0.15) is 140 Å². The van der Waals surface area contributed by atoms with Crippen LogP contribution in [0.25, 0.3) is 5.69 Å². The molecule has 1 heterocycles. The molecule has 3 aromatic carbocycles. The van der Waals surface area contributed by atoms with Crippen LogP contribution in [0.15, 0.2) is 88.5 Å². The minimum Gasteiger partial charge on any atom is -0.463 e. The molecule has 4 rings (SSSR count). The van der Waals surface area contributed by atoms with Gasteiger partial charge in [0.25, 0.3) is 5.91 Å². The number of benzene rings is 3. The number of unbranched alkanes of at least 4 members (excludes halogenated alkanes) is 10. The fraction of sp³-hybridized carbons (Fsp3) is 0.489. The monoisotopic (exact) mass is 844 g/mol. The van der Waals surface area contributed by atoms with Gasteiger partial charge < -0.3 is 14.8 Å². The van der Waals surface area contributed by atoms with Gasteiger partial charge in [-0.15, -0.1) is 0 Å². The average molecular weight is 845 g/mol. The van der Waals surface area contributed by atoms with Crippen LogP contribution >= 0.6 is 11.6 Å². The first-order valence-corrected chi connectivity index (χ1v) is 21.7. The summed E-state index contributed by atoms with van der Waals surface area (Å²) in [6, 6.07) is 19.5. The molecule has 0 saturated carbocycles. The van der Waals surface area contributed by atoms with Crippen molar-refractivity contribution in [3.8, 4) is 5.69 Å². The highest BCUT2D eigenvalue weighted by molar-refractivity contribution is 6.34. The topological polar surface area (TPSA) is 148 Å². The smallest absolute Gasteiger partial charge is 0.353 e. The van der Waals surface area contributed by atoms with Crippen LogP contribution in [0.4, 0.5) is 5.69 Å². The number of hydrogen-bond acceptors (Lipinski definition) is 8. The van der Waals surface area contributed by atoms with Crippen LogP contribution < -0.4 is 16.7 Å². The number of esters is 2. The van der Waals surface area contributed by atoms with Crippen LogP contribution in [0.5, 0.6) is 0 Å². The summed E-state index contributed by atoms with van der Waals surface area (Å²) < 4.78 is 14.2. The van der Waals surface area contributed by atoms with E-state index >= 15 is 0 Å². The normalized spacial score (nSPS) is 12.4. The molecule has 12 nitrogen and oxygen atoms in total. The second-order valence-corrected chi connectivity index (χ2v) is 16.6. The summed E-state index contributed by atoms with van der Waals surface area (Å²) in [5, 5.41) is 2.61. The third-order valence-corrected chi connectivity index (χ3v) is 10.6. The van der Waals surface area contributed by atoms with E-state index in [2.05, 4.69) is 12.2 Å². The van der Waals surface area contributed by atoms with Gasteiger partial charge in [0.2, 0.25) is 0 Å². The summed E-state index contributed by atoms with van der Waals surface area (Å²) in [5.74, 6) is -3.20. The molecule has 2 unspecified atom stereocenters. The number of carbonyl (C=O) groups is 4. The molecule has 4 aromatic rings. The first kappa shape index (κ1) is 47.4. The molecule has 0 aliphatic rings. The Labute approximate surface area is 358 Å². The summed E-state index contributed by atoms with van der Waals surface area (Å²) >= 11 is 6.52. The van der Waals surface area contributed by atoms with Crippen molar-refractivity contribution in [1.29, 1.82) is 0 Å². The van der Waals surface area contributed by atoms with Crippen LogP contribution in [0, 0.1) is 5.41 Å². The van der Waals surface area contributed by atoms with E-state index in [0.29, 0.717) is 22.2 Å². The predicted molar refractivity (Wildman–Crippen MR) is 235 cm³/mol. The van der Waals surface area contributed by atoms with E-state index in [9.17, 15) is 28.8 Å². The number of hydrogen-bond donors (Lipinski definition) is 1. The molecular formula is C47H61ClN4O8. The molecule has 1 aromatic heterocycles. The number of carbonyl (C=O) groups excluding carboxylic acids is 4. The maximum Gasteiger partial charge on any atom is 0.353 e. The highest BCUT2D eigenvalue weighted by Gasteiger charge is 2.40. The minimum absolute atomic E-state index is 0.0102. The Kier molecular flexibility index (Phi) is 18.6. The van der Waals surface area contributed by atoms with Crippen molar-refractivity contribution >= 4 is 40.9 Å². The number of halogens is 1. The molecular weight excluding hydrogens is 784 g/mol. The molecule has 0 aliphatic heterocycles. The number of anilines is 1. The van der Waals surface area contributed by atoms with Crippen molar-refractivity contribution in [2.45, 2.75) is 137 Å². The lowest BCUT2D eigenvalue weighted by Crippen LogP contribution is -2.46. The predicted octanol–water partition coefficient (Wildman–Crippen LogP) is 9.48. The van der Waals surface area contributed by atoms with Gasteiger partial charge in [-0.25, -0.2) is 28.4 Å². The van der Waals surface area contributed by atoms with Gasteiger partial charge in [0.05, 0.1) is 35.1 Å². The van der Waals surface area contributed by atoms with Crippen LogP contribution in [0.3, 0.4) is 0 Å². The lowest BCUT2D eigenvalue weighted by atomic mass is 9.86. The molecule has 1 amide bonds. The summed E-state index contributed by atoms with van der Waals surface area (Å²) in [5.41, 5.74) is -2.01. The largest absolute Gasteiger partial charge is 0.463 e. The quantitative estimate of drug-likeness (QED) is 0.0417. The first-order valence-electron chi connectivity index (χ1n) is 21.3. The Morgan fingerprint density at radius 1 is 0.733 bits per heavy atom. The molecule has 13 heteroatoms. The average Bonchev–Trinajstić information content (AvgIpc) is 3.46. The van der Waals surface area contributed by atoms with Crippen molar-refractivity contribution in [3.05, 3.63) is 116 Å². The van der Waals surface area contributed by atoms with E-state index in [1.54, 1.807) is 75.4 Å². The van der Waals surface area contributed by atoms with Crippen molar-refractivity contribution in [2.24, 2.45) is 5.41 Å². The van der Waals surface area contributed by atoms with Gasteiger partial charge in [-0.3, -0.25) is 9.59 Å². The van der Waals surface area contributed by atoms with Crippen molar-refractivity contribution in [2.75, 3.05) is 11.9 Å². The number of nitrogens with zero attached hydrogens (tertiary/aromatic N) is 3. The Morgan fingerprint density at radius 2 is 1.32 bits per heavy atom. The van der Waals surface area contributed by atoms with Crippen LogP contribution in [-0.4, -0.2) is 50.3 Å². The van der Waals surface area contributed by atoms with Gasteiger partial charge in [0, 0.05) is 5.41 Å². The number of para-hydroxylation sites is 1. The lowest BCUT2D eigenvalue weighted by molar-refractivity contribution is -0.154. The third kappa shape index (κ3) is 13.4. The van der Waals surface area contributed by atoms with E-state index in [4.69, 9.17) is 21.1 Å². The molecule has 0 radical (unpaired) electrons. The Balaban J connectivity index is 1.54. The van der Waals surface area contributed by atoms with E-state index in [1.807, 2.05) is 13.0 Å². The zero-order valence-corrected chi connectivity index (χ0v) is 36.5. The molecule has 0 aliphatic carbocycles. The van der Waals surface area contributed by atoms with Crippen LogP contribution in [-0.2, 0) is 30.4 Å². The highest BCUT2D eigenvalue weighted by atomic mass is 35.5. The van der Waals surface area contributed by atoms with E-state index < -0.39 is 52.6 Å². The standard InChI is InChI=1S/C47H61ClN4O8/c1-6-8-10-11-12-13-14-15-16-23-31-59-44(56)39(28-9-7-2)60-43(55)35-29-30-37(48)38(32-35)49-42(54)40(41(53)47(3,4)5)51-45(57)50(33-34-24-19-17-20-25-34)52(46(51)58)36-26-21-18-22-27-36/h17-22,24-27,29-30,32,39-40H,6-16,23,28,31,33H2,1-5H3,(H,49,54). The SMILES string of the molecule is CCCCCCCCCCCCOC(=O)C(CCCC)OC(=O)c1ccc(Cl)c(NC(=O)C(C(=O)C(C)(C)C)n2c(=O)n(Cc3ccccc3)n(-c3ccccc3)c2=O)c1. The van der Waals surface area contributed by atoms with Crippen LogP contribution in [0.2, 0.25) is 5.02 Å². The maximum atomic E-state index is 14.3. The first-order chi connectivity index (χ1) is 28.8. The zero-order chi connectivity index (χ0) is 43.7. The van der Waals surface area contributed by atoms with Gasteiger partial charge in [-0.05, 0) is 55.2 Å². The van der Waals surface area contributed by atoms with Crippen molar-refractivity contribution in [1.82, 2.24) is 13.9 Å². The number of ketones is 1. The number of amides is 1. The fourth-order valence-electron chi connectivity index (χ4n) is 6.81. The summed E-state index contributed by atoms with van der Waals surface area (Å²) in [4.78, 5) is 83.6. The highest BCUT2D eigenvalue weighted by Crippen LogP contribution is 2.28. The van der Waals surface area contributed by atoms with Gasteiger partial charge in [-0.2, -0.15) is 4.68 Å². The molecule has 60 heavy (non-hydrogen) atoms. The molecule has 0 bridgehead atoms. The Morgan fingerprint density at radius 3 is 1.92 bits per heavy atom. The number of nitrogens with one attached hydrogen (secondary N) is 1. The van der Waals surface area contributed by atoms with Gasteiger partial charge in [0.15, 0.2) is 17.9 Å². The minimum atomic E-state index is -1.92. The molecule has 324 valence electrons. The van der Waals surface area contributed by atoms with E-state index in [0.717, 1.165) is 36.8 Å². The van der Waals surface area contributed by atoms with Gasteiger partial charge in [0.1, 0.15) is 0 Å². The zero-order valence-electron chi connectivity index (χ0n) is 35.8. The van der Waals surface area contributed by atoms with Crippen molar-refractivity contribution in [3.63, 3.8) is 0 Å². The number of aromatic nitrogens is 3. The second kappa shape index (κ2) is 23.5. The van der Waals surface area contributed by atoms with Gasteiger partial charge in [-0.1, -0.05) is 159 Å². The third-order valence-electron chi connectivity index (χ3n) is 10.3. The van der Waals surface area contributed by atoms with E-state index in [1.165, 1.54) is 61.4 Å². The fourth-order valence-corrected chi connectivity index (χ4v) is 6.98. The number of rotatable bonds is 24. The lowest BCUT2D eigenvalue weighted by Gasteiger charge is -2.24. The summed E-state index contributed by atoms with van der Waals surface area (Å²) in [6.07, 6.45) is 12.0. The van der Waals surface area contributed by atoms with Gasteiger partial charge >= 0.3 is 23.3 Å². The molecule has 2 atom stereocenters. The Bertz CT molecular complexity index is 2140. The van der Waals surface area contributed by atoms with E-state index in [-0.39, 0.29) is 35.8 Å². The molecule has 0 saturated heterocycles.